The number of Topliss-reactive ketones (excluding diaryl/α,β-unsaturated/α-hetero) is 1. The summed E-state index contributed by atoms with van der Waals surface area (Å²) in [6.45, 7) is 14.9. The van der Waals surface area contributed by atoms with E-state index >= 15 is 0 Å². The number of rotatable bonds is 5. The molecule has 0 N–H and O–H groups in total. The summed E-state index contributed by atoms with van der Waals surface area (Å²) in [7, 11) is 1.70. The van der Waals surface area contributed by atoms with Crippen molar-refractivity contribution in [2.45, 2.75) is 167 Å². The molecule has 0 unspecified atom stereocenters. The predicted molar refractivity (Wildman–Crippen MR) is 165 cm³/mol. The number of methoxy groups -OCH3 is 1. The zero-order chi connectivity index (χ0) is 32.6. The van der Waals surface area contributed by atoms with Crippen molar-refractivity contribution in [2.75, 3.05) is 7.11 Å². The lowest BCUT2D eigenvalue weighted by Crippen LogP contribution is -2.70. The van der Waals surface area contributed by atoms with Crippen molar-refractivity contribution in [3.8, 4) is 0 Å². The molecule has 10 nitrogen and oxygen atoms in total. The van der Waals surface area contributed by atoms with Crippen LogP contribution >= 0.6 is 0 Å². The van der Waals surface area contributed by atoms with Crippen LogP contribution in [0, 0.1) is 47.3 Å². The summed E-state index contributed by atoms with van der Waals surface area (Å²) in [5.74, 6) is 2.22. The molecule has 10 aliphatic rings. The van der Waals surface area contributed by atoms with E-state index in [2.05, 4.69) is 27.7 Å². The van der Waals surface area contributed by atoms with E-state index in [-0.39, 0.29) is 24.6 Å². The predicted octanol–water partition coefficient (Wildman–Crippen LogP) is 6.84. The van der Waals surface area contributed by atoms with Gasteiger partial charge in [-0.2, -0.15) is 0 Å². The Hall–Kier alpha value is -0.690. The summed E-state index contributed by atoms with van der Waals surface area (Å²) in [6, 6.07) is 0. The molecule has 0 aromatic heterocycles. The third kappa shape index (κ3) is 5.18. The van der Waals surface area contributed by atoms with Gasteiger partial charge in [0.2, 0.25) is 11.6 Å². The quantitative estimate of drug-likeness (QED) is 0.294. The second-order valence-electron chi connectivity index (χ2n) is 16.4. The molecule has 46 heavy (non-hydrogen) atoms. The lowest BCUT2D eigenvalue weighted by atomic mass is 9.57. The van der Waals surface area contributed by atoms with Crippen LogP contribution in [0.4, 0.5) is 0 Å². The number of ketones is 1. The third-order valence-corrected chi connectivity index (χ3v) is 13.7. The fraction of sp³-hybridized carbons (Fsp3) is 0.972. The molecule has 0 aromatic carbocycles. The Kier molecular flexibility index (Phi) is 9.01. The van der Waals surface area contributed by atoms with E-state index in [9.17, 15) is 4.79 Å². The van der Waals surface area contributed by atoms with Gasteiger partial charge >= 0.3 is 0 Å². The third-order valence-electron chi connectivity index (χ3n) is 13.7. The molecule has 0 radical (unpaired) electrons. The van der Waals surface area contributed by atoms with Crippen molar-refractivity contribution in [1.29, 1.82) is 0 Å². The standard InChI is InChI=1S/C20H32O5.C16H26O5/c1-5-14(21)7-9-17-13(3)16-8-6-12(2)15-10-11-19(4)23-18(22-17)20(15,16)25-24-19;1-9-5-6-12-10(2)13(17-4)18-14-16(12)11(9)7-8-15(3,19-14)20-21-16/h12-13,15-18H,5-11H2,1-4H3;9-14H,5-8H2,1-4H3/t12-,13-,15+,16+,17-,18-,19-,20-;9-,10-,11+,12+,13+,14-,15-,16-/m11/s1. The molecule has 2 saturated carbocycles. The monoisotopic (exact) mass is 650 g/mol. The number of carbonyl (C=O) groups excluding carboxylic acids is 1. The van der Waals surface area contributed by atoms with Gasteiger partial charge in [-0.3, -0.25) is 4.79 Å². The molecular formula is C36H58O10. The van der Waals surface area contributed by atoms with Gasteiger partial charge in [-0.1, -0.05) is 34.6 Å². The molecule has 0 aromatic rings. The maximum absolute atomic E-state index is 11.8. The van der Waals surface area contributed by atoms with Gasteiger partial charge in [0.15, 0.2) is 30.1 Å². The minimum atomic E-state index is -0.720. The van der Waals surface area contributed by atoms with Crippen molar-refractivity contribution in [1.82, 2.24) is 0 Å². The first-order valence-corrected chi connectivity index (χ1v) is 18.3. The number of carbonyl (C=O) groups is 1. The van der Waals surface area contributed by atoms with Gasteiger partial charge in [-0.25, -0.2) is 19.6 Å². The highest BCUT2D eigenvalue weighted by Gasteiger charge is 2.70. The van der Waals surface area contributed by atoms with E-state index < -0.39 is 29.1 Å². The van der Waals surface area contributed by atoms with E-state index in [4.69, 9.17) is 43.2 Å². The molecule has 10 fully saturated rings. The molecule has 8 saturated heterocycles. The minimum Gasteiger partial charge on any atom is -0.355 e. The average Bonchev–Trinajstić information content (AvgIpc) is 3.41. The van der Waals surface area contributed by atoms with Crippen LogP contribution in [0.1, 0.15) is 119 Å². The molecule has 4 bridgehead atoms. The highest BCUT2D eigenvalue weighted by atomic mass is 17.3. The topological polar surface area (TPSA) is 100 Å². The summed E-state index contributed by atoms with van der Waals surface area (Å²) < 4.78 is 30.7. The second kappa shape index (κ2) is 12.3. The molecule has 2 spiro atoms. The number of ether oxygens (including phenoxy) is 5. The highest BCUT2D eigenvalue weighted by molar-refractivity contribution is 5.77. The van der Waals surface area contributed by atoms with Crippen molar-refractivity contribution in [3.63, 3.8) is 0 Å². The van der Waals surface area contributed by atoms with Crippen LogP contribution in [-0.4, -0.2) is 60.6 Å². The van der Waals surface area contributed by atoms with Gasteiger partial charge in [0.1, 0.15) is 5.78 Å². The number of hydrogen-bond acceptors (Lipinski definition) is 10. The zero-order valence-corrected chi connectivity index (χ0v) is 29.3. The number of fused-ring (bicyclic) bond motifs is 4. The van der Waals surface area contributed by atoms with Gasteiger partial charge in [-0.15, -0.1) is 0 Å². The molecule has 8 aliphatic heterocycles. The summed E-state index contributed by atoms with van der Waals surface area (Å²) in [6.07, 6.45) is 9.49. The normalized spacial score (nSPS) is 55.2. The van der Waals surface area contributed by atoms with Crippen LogP contribution < -0.4 is 0 Å². The molecule has 16 atom stereocenters. The fourth-order valence-electron chi connectivity index (χ4n) is 10.9. The van der Waals surface area contributed by atoms with E-state index in [1.165, 1.54) is 12.8 Å². The molecule has 10 heteroatoms. The van der Waals surface area contributed by atoms with Crippen molar-refractivity contribution >= 4 is 5.78 Å². The molecule has 10 rings (SSSR count). The maximum atomic E-state index is 11.8. The summed E-state index contributed by atoms with van der Waals surface area (Å²) in [4.78, 5) is 35.6. The molecular weight excluding hydrogens is 592 g/mol. The fourth-order valence-corrected chi connectivity index (χ4v) is 10.9. The Morgan fingerprint density at radius 3 is 1.74 bits per heavy atom. The van der Waals surface area contributed by atoms with Crippen LogP contribution in [0.2, 0.25) is 0 Å². The Bertz CT molecular complexity index is 1140. The Morgan fingerprint density at radius 1 is 0.696 bits per heavy atom. The van der Waals surface area contributed by atoms with Crippen molar-refractivity contribution in [2.24, 2.45) is 47.3 Å². The smallest absolute Gasteiger partial charge is 0.201 e. The van der Waals surface area contributed by atoms with Crippen molar-refractivity contribution in [3.05, 3.63) is 0 Å². The highest BCUT2D eigenvalue weighted by Crippen LogP contribution is 2.62. The minimum absolute atomic E-state index is 0.0525. The van der Waals surface area contributed by atoms with Crippen LogP contribution in [0.15, 0.2) is 0 Å². The Labute approximate surface area is 275 Å². The van der Waals surface area contributed by atoms with Gasteiger partial charge in [-0.05, 0) is 88.4 Å². The second-order valence-corrected chi connectivity index (χ2v) is 16.4. The largest absolute Gasteiger partial charge is 0.355 e. The molecule has 2 aliphatic carbocycles. The average molecular weight is 651 g/mol. The van der Waals surface area contributed by atoms with Gasteiger partial charge < -0.3 is 23.7 Å². The first-order chi connectivity index (χ1) is 21.9. The van der Waals surface area contributed by atoms with Crippen LogP contribution in [0.5, 0.6) is 0 Å². The lowest BCUT2D eigenvalue weighted by Gasteiger charge is -2.60. The van der Waals surface area contributed by atoms with Gasteiger partial charge in [0.25, 0.3) is 0 Å². The van der Waals surface area contributed by atoms with Crippen LogP contribution in [-0.2, 0) is 48.0 Å². The summed E-state index contributed by atoms with van der Waals surface area (Å²) in [5.41, 5.74) is -0.958. The van der Waals surface area contributed by atoms with Gasteiger partial charge in [0.05, 0.1) is 6.10 Å². The molecule has 0 amide bonds. The zero-order valence-electron chi connectivity index (χ0n) is 29.3. The molecule has 8 heterocycles. The first-order valence-electron chi connectivity index (χ1n) is 18.3. The van der Waals surface area contributed by atoms with E-state index in [0.29, 0.717) is 60.1 Å². The first kappa shape index (κ1) is 33.8. The molecule has 262 valence electrons. The SMILES string of the molecule is CCC(=O)CC[C@H]1O[C@@H]2O[C@@]3(C)CC[C@H]4[C@H](C)CC[C@@H]([C@H]1C)[C@@]24OO3.CO[C@H]1O[C@@H]2O[C@@]3(C)CC[C@H]4[C@H](C)CC[C@@H]([C@H]1C)[C@@]24OO3. The Morgan fingerprint density at radius 2 is 1.22 bits per heavy atom. The summed E-state index contributed by atoms with van der Waals surface area (Å²) >= 11 is 0. The van der Waals surface area contributed by atoms with Crippen LogP contribution in [0.25, 0.3) is 0 Å². The maximum Gasteiger partial charge on any atom is 0.201 e. The van der Waals surface area contributed by atoms with E-state index in [1.807, 2.05) is 20.8 Å². The van der Waals surface area contributed by atoms with Crippen molar-refractivity contribution < 1.29 is 48.0 Å². The Balaban J connectivity index is 0.000000149. The number of hydrogen-bond donors (Lipinski definition) is 0. The van der Waals surface area contributed by atoms with Gasteiger partial charge in [0, 0.05) is 50.5 Å². The van der Waals surface area contributed by atoms with E-state index in [0.717, 1.165) is 44.9 Å². The van der Waals surface area contributed by atoms with Crippen LogP contribution in [0.3, 0.4) is 0 Å². The van der Waals surface area contributed by atoms with E-state index in [1.54, 1.807) is 7.11 Å². The lowest BCUT2D eigenvalue weighted by molar-refractivity contribution is -0.577. The summed E-state index contributed by atoms with van der Waals surface area (Å²) in [5, 5.41) is 0.